The molecule has 27 heavy (non-hydrogen) atoms. The van der Waals surface area contributed by atoms with Gasteiger partial charge in [-0.25, -0.2) is 0 Å². The van der Waals surface area contributed by atoms with E-state index in [1.807, 2.05) is 30.3 Å². The zero-order valence-electron chi connectivity index (χ0n) is 14.5. The summed E-state index contributed by atoms with van der Waals surface area (Å²) in [4.78, 5) is 37.5. The molecule has 1 saturated heterocycles. The lowest BCUT2D eigenvalue weighted by Gasteiger charge is -2.26. The Balaban J connectivity index is 1.48. The van der Waals surface area contributed by atoms with Crippen LogP contribution in [-0.4, -0.2) is 34.3 Å². The van der Waals surface area contributed by atoms with E-state index in [2.05, 4.69) is 5.32 Å². The summed E-state index contributed by atoms with van der Waals surface area (Å²) in [6.45, 7) is 0.741. The molecule has 0 spiro atoms. The molecule has 1 atom stereocenters. The normalized spacial score (nSPS) is 18.8. The monoisotopic (exact) mass is 382 g/mol. The number of nitrogens with one attached hydrogen (secondary N) is 1. The Labute approximate surface area is 160 Å². The van der Waals surface area contributed by atoms with Crippen molar-refractivity contribution in [2.24, 2.45) is 0 Å². The molecule has 138 valence electrons. The average molecular weight is 382 g/mol. The average Bonchev–Trinajstić information content (AvgIpc) is 3.00. The minimum atomic E-state index is -0.242. The van der Waals surface area contributed by atoms with Gasteiger partial charge in [-0.1, -0.05) is 42.1 Å². The highest BCUT2D eigenvalue weighted by atomic mass is 32.2. The molecular weight excluding hydrogens is 364 g/mol. The molecule has 2 aliphatic rings. The van der Waals surface area contributed by atoms with Gasteiger partial charge in [-0.2, -0.15) is 0 Å². The summed E-state index contributed by atoms with van der Waals surface area (Å²) < 4.78 is 5.63. The van der Waals surface area contributed by atoms with Crippen molar-refractivity contribution in [2.75, 3.05) is 12.4 Å². The molecule has 0 saturated carbocycles. The number of benzene rings is 2. The fourth-order valence-electron chi connectivity index (χ4n) is 3.26. The fraction of sp³-hybridized carbons (Fsp3) is 0.250. The van der Waals surface area contributed by atoms with E-state index in [0.717, 1.165) is 28.6 Å². The molecule has 0 bridgehead atoms. The molecule has 6 nitrogen and oxygen atoms in total. The molecule has 7 heteroatoms. The van der Waals surface area contributed by atoms with Crippen LogP contribution < -0.4 is 10.1 Å². The van der Waals surface area contributed by atoms with Crippen molar-refractivity contribution in [2.45, 2.75) is 19.0 Å². The molecule has 0 aliphatic carbocycles. The van der Waals surface area contributed by atoms with Gasteiger partial charge in [0.1, 0.15) is 5.75 Å². The van der Waals surface area contributed by atoms with E-state index in [0.29, 0.717) is 18.6 Å². The molecule has 2 heterocycles. The second-order valence-electron chi connectivity index (χ2n) is 6.44. The van der Waals surface area contributed by atoms with Crippen molar-refractivity contribution in [1.29, 1.82) is 0 Å². The van der Waals surface area contributed by atoms with Crippen molar-refractivity contribution in [1.82, 2.24) is 10.2 Å². The van der Waals surface area contributed by atoms with Crippen molar-refractivity contribution in [3.63, 3.8) is 0 Å². The van der Waals surface area contributed by atoms with Gasteiger partial charge in [-0.15, -0.1) is 0 Å². The van der Waals surface area contributed by atoms with Gasteiger partial charge in [0, 0.05) is 17.5 Å². The number of imide groups is 1. The van der Waals surface area contributed by atoms with Gasteiger partial charge in [0.2, 0.25) is 5.91 Å². The lowest BCUT2D eigenvalue weighted by molar-refractivity contribution is -0.125. The van der Waals surface area contributed by atoms with Gasteiger partial charge < -0.3 is 10.1 Å². The minimum Gasteiger partial charge on any atom is -0.493 e. The Morgan fingerprint density at radius 3 is 2.85 bits per heavy atom. The summed E-state index contributed by atoms with van der Waals surface area (Å²) in [6.07, 6.45) is 0.705. The van der Waals surface area contributed by atoms with Gasteiger partial charge in [0.05, 0.1) is 24.9 Å². The molecule has 2 aromatic rings. The number of amides is 3. The van der Waals surface area contributed by atoms with Crippen LogP contribution in [0.5, 0.6) is 5.75 Å². The molecule has 1 N–H and O–H groups in total. The Hall–Kier alpha value is -2.80. The van der Waals surface area contributed by atoms with Crippen LogP contribution in [0.15, 0.2) is 48.5 Å². The Morgan fingerprint density at radius 2 is 2.04 bits per heavy atom. The quantitative estimate of drug-likeness (QED) is 0.879. The molecule has 2 aliphatic heterocycles. The maximum absolute atomic E-state index is 12.7. The van der Waals surface area contributed by atoms with Gasteiger partial charge in [0.15, 0.2) is 0 Å². The molecule has 3 amide bonds. The van der Waals surface area contributed by atoms with Gasteiger partial charge in [-0.05, 0) is 23.8 Å². The molecule has 4 rings (SSSR count). The third-order valence-electron chi connectivity index (χ3n) is 4.63. The number of ether oxygens (including phenoxy) is 1. The minimum absolute atomic E-state index is 0.107. The van der Waals surface area contributed by atoms with Gasteiger partial charge >= 0.3 is 0 Å². The highest BCUT2D eigenvalue weighted by Crippen LogP contribution is 2.31. The van der Waals surface area contributed by atoms with Gasteiger partial charge in [0.25, 0.3) is 11.1 Å². The van der Waals surface area contributed by atoms with E-state index in [-0.39, 0.29) is 35.4 Å². The van der Waals surface area contributed by atoms with Crippen LogP contribution in [-0.2, 0) is 11.3 Å². The number of para-hydroxylation sites is 1. The number of hydrogen-bond acceptors (Lipinski definition) is 5. The Bertz CT molecular complexity index is 898. The third-order valence-corrected chi connectivity index (χ3v) is 5.49. The lowest BCUT2D eigenvalue weighted by atomic mass is 10.00. The van der Waals surface area contributed by atoms with Crippen LogP contribution in [0.25, 0.3) is 0 Å². The SMILES string of the molecule is O=C(N[C@H]1CCOc2ccccc21)c1cccc(CN2C(=O)CSC2=O)c1. The molecule has 0 radical (unpaired) electrons. The van der Waals surface area contributed by atoms with Crippen molar-refractivity contribution < 1.29 is 19.1 Å². The maximum Gasteiger partial charge on any atom is 0.289 e. The first-order valence-electron chi connectivity index (χ1n) is 8.70. The third kappa shape index (κ3) is 3.68. The van der Waals surface area contributed by atoms with E-state index < -0.39 is 0 Å². The van der Waals surface area contributed by atoms with Crippen molar-refractivity contribution >= 4 is 28.8 Å². The van der Waals surface area contributed by atoms with Crippen molar-refractivity contribution in [3.8, 4) is 5.75 Å². The lowest BCUT2D eigenvalue weighted by Crippen LogP contribution is -2.32. The summed E-state index contributed by atoms with van der Waals surface area (Å²) >= 11 is 1.01. The number of hydrogen-bond donors (Lipinski definition) is 1. The molecule has 2 aromatic carbocycles. The number of thioether (sulfide) groups is 1. The maximum atomic E-state index is 12.7. The second-order valence-corrected chi connectivity index (χ2v) is 7.36. The zero-order valence-corrected chi connectivity index (χ0v) is 15.3. The summed E-state index contributed by atoms with van der Waals surface area (Å²) in [5, 5.41) is 2.82. The summed E-state index contributed by atoms with van der Waals surface area (Å²) in [6, 6.07) is 14.6. The van der Waals surface area contributed by atoms with Crippen LogP contribution >= 0.6 is 11.8 Å². The van der Waals surface area contributed by atoms with Crippen LogP contribution in [0.2, 0.25) is 0 Å². The van der Waals surface area contributed by atoms with Crippen LogP contribution in [0.1, 0.15) is 33.9 Å². The number of rotatable bonds is 4. The topological polar surface area (TPSA) is 75.7 Å². The van der Waals surface area contributed by atoms with E-state index in [9.17, 15) is 14.4 Å². The summed E-state index contributed by atoms with van der Waals surface area (Å²) in [7, 11) is 0. The van der Waals surface area contributed by atoms with E-state index in [4.69, 9.17) is 4.74 Å². The van der Waals surface area contributed by atoms with Crippen LogP contribution in [0, 0.1) is 0 Å². The molecule has 1 fully saturated rings. The largest absolute Gasteiger partial charge is 0.493 e. The smallest absolute Gasteiger partial charge is 0.289 e. The van der Waals surface area contributed by atoms with Gasteiger partial charge in [-0.3, -0.25) is 19.3 Å². The van der Waals surface area contributed by atoms with Crippen LogP contribution in [0.3, 0.4) is 0 Å². The molecule has 0 aromatic heterocycles. The first-order chi connectivity index (χ1) is 13.1. The number of carbonyl (C=O) groups excluding carboxylic acids is 3. The number of carbonyl (C=O) groups is 3. The standard InChI is InChI=1S/C20H18N2O4S/c23-18-12-27-20(25)22(18)11-13-4-3-5-14(10-13)19(24)21-16-8-9-26-17-7-2-1-6-15(16)17/h1-7,10,16H,8-9,11-12H2,(H,21,24)/t16-/m0/s1. The predicted molar refractivity (Wildman–Crippen MR) is 102 cm³/mol. The van der Waals surface area contributed by atoms with Crippen molar-refractivity contribution in [3.05, 3.63) is 65.2 Å². The van der Waals surface area contributed by atoms with Crippen LogP contribution in [0.4, 0.5) is 4.79 Å². The molecule has 0 unspecified atom stereocenters. The fourth-order valence-corrected chi connectivity index (χ4v) is 3.99. The number of fused-ring (bicyclic) bond motifs is 1. The van der Waals surface area contributed by atoms with E-state index in [1.165, 1.54) is 4.90 Å². The Morgan fingerprint density at radius 1 is 1.19 bits per heavy atom. The predicted octanol–water partition coefficient (Wildman–Crippen LogP) is 3.14. The van der Waals surface area contributed by atoms with E-state index in [1.54, 1.807) is 18.2 Å². The summed E-state index contributed by atoms with van der Waals surface area (Å²) in [5.41, 5.74) is 2.22. The highest BCUT2D eigenvalue weighted by Gasteiger charge is 2.30. The second kappa shape index (κ2) is 7.44. The zero-order chi connectivity index (χ0) is 18.8. The van der Waals surface area contributed by atoms with E-state index >= 15 is 0 Å². The summed E-state index contributed by atoms with van der Waals surface area (Å²) in [5.74, 6) is 0.597. The molecular formula is C20H18N2O4S. The highest BCUT2D eigenvalue weighted by molar-refractivity contribution is 8.14. The Kier molecular flexibility index (Phi) is 4.85. The number of nitrogens with zero attached hydrogens (tertiary/aromatic N) is 1. The first kappa shape index (κ1) is 17.6. The first-order valence-corrected chi connectivity index (χ1v) is 9.69.